The van der Waals surface area contributed by atoms with Gasteiger partial charge in [-0.2, -0.15) is 10.4 Å². The van der Waals surface area contributed by atoms with E-state index in [1.54, 1.807) is 17.2 Å². The average molecular weight is 563 g/mol. The van der Waals surface area contributed by atoms with Crippen LogP contribution in [0.25, 0.3) is 22.3 Å². The van der Waals surface area contributed by atoms with Gasteiger partial charge in [0.25, 0.3) is 5.91 Å². The minimum atomic E-state index is -0.430. The van der Waals surface area contributed by atoms with Crippen molar-refractivity contribution < 1.29 is 9.18 Å². The third-order valence-electron chi connectivity index (χ3n) is 7.48. The number of nitrogens with one attached hydrogen (secondary N) is 1. The summed E-state index contributed by atoms with van der Waals surface area (Å²) >= 11 is 3.26. The Bertz CT molecular complexity index is 1490. The summed E-state index contributed by atoms with van der Waals surface area (Å²) in [5, 5.41) is 15.2. The first-order valence-corrected chi connectivity index (χ1v) is 12.9. The number of hydrogen-bond donors (Lipinski definition) is 1. The molecule has 0 aliphatic carbocycles. The highest BCUT2D eigenvalue weighted by Crippen LogP contribution is 2.37. The summed E-state index contributed by atoms with van der Waals surface area (Å²) in [7, 11) is 0. The zero-order valence-electron chi connectivity index (χ0n) is 19.9. The van der Waals surface area contributed by atoms with Gasteiger partial charge in [0.15, 0.2) is 0 Å². The number of aromatic nitrogens is 5. The number of likely N-dealkylation sites (tertiary alicyclic amines) is 2. The van der Waals surface area contributed by atoms with Gasteiger partial charge in [-0.3, -0.25) is 14.4 Å². The Morgan fingerprint density at radius 2 is 2.05 bits per heavy atom. The Morgan fingerprint density at radius 1 is 1.24 bits per heavy atom. The summed E-state index contributed by atoms with van der Waals surface area (Å²) in [6.45, 7) is 2.68. The summed E-state index contributed by atoms with van der Waals surface area (Å²) in [4.78, 5) is 28.9. The van der Waals surface area contributed by atoms with Crippen LogP contribution < -0.4 is 0 Å². The van der Waals surface area contributed by atoms with E-state index in [1.165, 1.54) is 18.5 Å². The first-order chi connectivity index (χ1) is 18.0. The molecule has 1 amide bonds. The molecule has 0 spiro atoms. The minimum Gasteiger partial charge on any atom is -0.346 e. The molecule has 0 atom stereocenters. The van der Waals surface area contributed by atoms with Crippen molar-refractivity contribution in [2.45, 2.75) is 30.8 Å². The van der Waals surface area contributed by atoms with Crippen molar-refractivity contribution in [3.05, 3.63) is 65.0 Å². The molecule has 11 heteroatoms. The average Bonchev–Trinajstić information content (AvgIpc) is 3.55. The lowest BCUT2D eigenvalue weighted by Gasteiger charge is -2.53. The van der Waals surface area contributed by atoms with Crippen LogP contribution in [0.5, 0.6) is 0 Å². The van der Waals surface area contributed by atoms with E-state index in [0.29, 0.717) is 35.6 Å². The summed E-state index contributed by atoms with van der Waals surface area (Å²) in [6, 6.07) is 8.91. The van der Waals surface area contributed by atoms with Gasteiger partial charge in [0.1, 0.15) is 23.3 Å². The highest BCUT2D eigenvalue weighted by Gasteiger charge is 2.48. The molecular weight excluding hydrogens is 539 g/mol. The minimum absolute atomic E-state index is 0.147. The molecule has 37 heavy (non-hydrogen) atoms. The number of nitrogens with zero attached hydrogens (tertiary/aromatic N) is 7. The van der Waals surface area contributed by atoms with Gasteiger partial charge in [-0.1, -0.05) is 15.9 Å². The van der Waals surface area contributed by atoms with Gasteiger partial charge >= 0.3 is 0 Å². The molecule has 1 aromatic carbocycles. The number of aromatic amines is 1. The number of fused-ring (bicyclic) bond motifs is 1. The van der Waals surface area contributed by atoms with Crippen molar-refractivity contribution >= 4 is 32.9 Å². The topological polar surface area (TPSA) is 107 Å². The van der Waals surface area contributed by atoms with Crippen molar-refractivity contribution in [2.24, 2.45) is 0 Å². The number of H-pyrrole nitrogens is 1. The number of benzene rings is 1. The van der Waals surface area contributed by atoms with E-state index in [0.717, 1.165) is 48.2 Å². The quantitative estimate of drug-likeness (QED) is 0.394. The molecule has 0 unspecified atom stereocenters. The Kier molecular flexibility index (Phi) is 6.01. The van der Waals surface area contributed by atoms with Crippen molar-refractivity contribution in [1.82, 2.24) is 34.5 Å². The fourth-order valence-corrected chi connectivity index (χ4v) is 6.02. The number of amides is 1. The van der Waals surface area contributed by atoms with Crippen LogP contribution in [0, 0.1) is 17.1 Å². The van der Waals surface area contributed by atoms with E-state index >= 15 is 0 Å². The third-order valence-corrected chi connectivity index (χ3v) is 7.93. The van der Waals surface area contributed by atoms with Crippen LogP contribution in [0.4, 0.5) is 4.39 Å². The second-order valence-corrected chi connectivity index (χ2v) is 10.7. The highest BCUT2D eigenvalue weighted by molar-refractivity contribution is 9.10. The monoisotopic (exact) mass is 562 g/mol. The predicted octanol–water partition coefficient (Wildman–Crippen LogP) is 3.95. The van der Waals surface area contributed by atoms with Crippen LogP contribution in [0.3, 0.4) is 0 Å². The van der Waals surface area contributed by atoms with E-state index in [4.69, 9.17) is 0 Å². The van der Waals surface area contributed by atoms with Crippen LogP contribution in [-0.2, 0) is 5.54 Å². The SMILES string of the molecule is N#CCC1(n2cc(-c3ncnc4[nH]ccc34)cn2)CN(C2CCN(C(=O)c3cc(F)cc(Br)c3)CC2)C1. The molecule has 6 rings (SSSR count). The highest BCUT2D eigenvalue weighted by atomic mass is 79.9. The lowest BCUT2D eigenvalue weighted by Crippen LogP contribution is -2.66. The largest absolute Gasteiger partial charge is 0.346 e. The van der Waals surface area contributed by atoms with Gasteiger partial charge in [0, 0.05) is 65.6 Å². The Labute approximate surface area is 221 Å². The van der Waals surface area contributed by atoms with Crippen molar-refractivity contribution in [3.8, 4) is 17.3 Å². The zero-order chi connectivity index (χ0) is 25.6. The van der Waals surface area contributed by atoms with Gasteiger partial charge < -0.3 is 9.88 Å². The van der Waals surface area contributed by atoms with Crippen molar-refractivity contribution in [1.29, 1.82) is 5.26 Å². The first kappa shape index (κ1) is 23.8. The fraction of sp³-hybridized carbons (Fsp3) is 0.346. The second-order valence-electron chi connectivity index (χ2n) is 9.78. The van der Waals surface area contributed by atoms with Crippen molar-refractivity contribution in [2.75, 3.05) is 26.2 Å². The van der Waals surface area contributed by atoms with Gasteiger partial charge in [-0.05, 0) is 37.1 Å². The lowest BCUT2D eigenvalue weighted by atomic mass is 9.83. The van der Waals surface area contributed by atoms with Gasteiger partial charge in [-0.15, -0.1) is 0 Å². The Hall–Kier alpha value is -3.62. The molecule has 0 bridgehead atoms. The molecule has 188 valence electrons. The maximum absolute atomic E-state index is 13.8. The molecule has 9 nitrogen and oxygen atoms in total. The normalized spacial score (nSPS) is 18.0. The summed E-state index contributed by atoms with van der Waals surface area (Å²) in [5.74, 6) is -0.576. The number of carbonyl (C=O) groups excluding carboxylic acids is 1. The first-order valence-electron chi connectivity index (χ1n) is 12.2. The van der Waals surface area contributed by atoms with Gasteiger partial charge in [-0.25, -0.2) is 14.4 Å². The number of halogens is 2. The molecule has 2 aliphatic rings. The number of piperidine rings is 1. The summed E-state index contributed by atoms with van der Waals surface area (Å²) in [5.41, 5.74) is 2.44. The van der Waals surface area contributed by atoms with E-state index in [9.17, 15) is 14.4 Å². The summed E-state index contributed by atoms with van der Waals surface area (Å²) < 4.78 is 16.2. The molecule has 1 N–H and O–H groups in total. The molecule has 2 fully saturated rings. The van der Waals surface area contributed by atoms with Crippen LogP contribution in [0.15, 0.2) is 53.7 Å². The van der Waals surface area contributed by atoms with E-state index in [2.05, 4.69) is 46.9 Å². The van der Waals surface area contributed by atoms with Gasteiger partial charge in [0.2, 0.25) is 0 Å². The van der Waals surface area contributed by atoms with Crippen molar-refractivity contribution in [3.63, 3.8) is 0 Å². The van der Waals surface area contributed by atoms with Crippen LogP contribution >= 0.6 is 15.9 Å². The number of nitriles is 1. The molecule has 3 aromatic heterocycles. The third kappa shape index (κ3) is 4.30. The lowest BCUT2D eigenvalue weighted by molar-refractivity contribution is -0.0412. The molecule has 5 heterocycles. The second kappa shape index (κ2) is 9.36. The molecule has 2 saturated heterocycles. The van der Waals surface area contributed by atoms with Gasteiger partial charge in [0.05, 0.1) is 24.4 Å². The molecular formula is C26H24BrFN8O. The fourth-order valence-electron chi connectivity index (χ4n) is 5.55. The molecule has 0 saturated carbocycles. The zero-order valence-corrected chi connectivity index (χ0v) is 21.5. The molecule has 4 aromatic rings. The maximum atomic E-state index is 13.8. The Morgan fingerprint density at radius 3 is 2.81 bits per heavy atom. The van der Waals surface area contributed by atoms with E-state index < -0.39 is 11.4 Å². The van der Waals surface area contributed by atoms with E-state index in [1.807, 2.05) is 23.1 Å². The predicted molar refractivity (Wildman–Crippen MR) is 138 cm³/mol. The Balaban J connectivity index is 1.12. The standard InChI is InChI=1S/C26H24BrFN8O/c27-19-9-17(10-20(28)11-19)25(37)34-7-2-21(3-8-34)35-14-26(15-35,4-5-29)36-13-18(12-33-36)23-22-1-6-30-24(22)32-16-31-23/h1,6,9-13,16,21H,2-4,7-8,14-15H2,(H,30,31,32). The molecule has 0 radical (unpaired) electrons. The number of rotatable bonds is 5. The smallest absolute Gasteiger partial charge is 0.253 e. The summed E-state index contributed by atoms with van der Waals surface area (Å²) in [6.07, 6.45) is 9.17. The number of hydrogen-bond acceptors (Lipinski definition) is 6. The maximum Gasteiger partial charge on any atom is 0.253 e. The van der Waals surface area contributed by atoms with E-state index in [-0.39, 0.29) is 5.91 Å². The molecule has 2 aliphatic heterocycles. The van der Waals surface area contributed by atoms with Crippen LogP contribution in [-0.4, -0.2) is 72.7 Å². The van der Waals surface area contributed by atoms with Crippen LogP contribution in [0.2, 0.25) is 0 Å². The van der Waals surface area contributed by atoms with Crippen LogP contribution in [0.1, 0.15) is 29.6 Å². The number of carbonyl (C=O) groups is 1.